The number of amides is 2. The molecule has 2 aromatic rings. The van der Waals surface area contributed by atoms with Gasteiger partial charge in [0.1, 0.15) is 11.9 Å². The van der Waals surface area contributed by atoms with Crippen LogP contribution in [0.15, 0.2) is 24.4 Å². The second-order valence-corrected chi connectivity index (χ2v) is 9.49. The first kappa shape index (κ1) is 19.9. The Bertz CT molecular complexity index is 905. The fraction of sp³-hybridized carbons (Fsp3) is 0.609. The molecule has 2 fully saturated rings. The predicted octanol–water partition coefficient (Wildman–Crippen LogP) is 3.69. The van der Waals surface area contributed by atoms with Gasteiger partial charge in [-0.15, -0.1) is 0 Å². The molecule has 0 radical (unpaired) electrons. The second-order valence-electron chi connectivity index (χ2n) is 9.49. The fourth-order valence-corrected chi connectivity index (χ4v) is 4.69. The normalized spacial score (nSPS) is 20.9. The fourth-order valence-electron chi connectivity index (χ4n) is 4.69. The molecule has 3 heterocycles. The van der Waals surface area contributed by atoms with Gasteiger partial charge >= 0.3 is 0 Å². The molecule has 6 heteroatoms. The van der Waals surface area contributed by atoms with Crippen molar-refractivity contribution in [2.75, 3.05) is 6.54 Å². The van der Waals surface area contributed by atoms with E-state index >= 15 is 0 Å². The van der Waals surface area contributed by atoms with Crippen LogP contribution >= 0.6 is 0 Å². The SMILES string of the molecule is CC(C)(C)c1nc(C(=O)N2CCCC2C(=O)NC2CCCCC2)c2ccccn12. The molecule has 1 aliphatic heterocycles. The van der Waals surface area contributed by atoms with Crippen molar-refractivity contribution in [3.63, 3.8) is 0 Å². The van der Waals surface area contributed by atoms with E-state index in [1.54, 1.807) is 4.90 Å². The third-order valence-electron chi connectivity index (χ3n) is 6.19. The van der Waals surface area contributed by atoms with Crippen LogP contribution in [-0.4, -0.2) is 44.7 Å². The molecule has 1 aliphatic carbocycles. The maximum atomic E-state index is 13.5. The lowest BCUT2D eigenvalue weighted by Crippen LogP contribution is -2.49. The van der Waals surface area contributed by atoms with Gasteiger partial charge in [0.2, 0.25) is 5.91 Å². The van der Waals surface area contributed by atoms with Gasteiger partial charge in [0.05, 0.1) is 5.52 Å². The Morgan fingerprint density at radius 3 is 2.55 bits per heavy atom. The summed E-state index contributed by atoms with van der Waals surface area (Å²) in [6.07, 6.45) is 9.23. The molecule has 4 rings (SSSR count). The first-order chi connectivity index (χ1) is 13.9. The molecule has 6 nitrogen and oxygen atoms in total. The topological polar surface area (TPSA) is 66.7 Å². The van der Waals surface area contributed by atoms with Crippen LogP contribution in [0.25, 0.3) is 5.52 Å². The summed E-state index contributed by atoms with van der Waals surface area (Å²) in [5.41, 5.74) is 1.07. The Morgan fingerprint density at radius 2 is 1.83 bits per heavy atom. The molecule has 2 aromatic heterocycles. The van der Waals surface area contributed by atoms with Crippen molar-refractivity contribution < 1.29 is 9.59 Å². The number of carbonyl (C=O) groups excluding carboxylic acids is 2. The first-order valence-corrected chi connectivity index (χ1v) is 10.9. The van der Waals surface area contributed by atoms with Crippen LogP contribution in [0, 0.1) is 0 Å². The zero-order valence-corrected chi connectivity index (χ0v) is 17.8. The first-order valence-electron chi connectivity index (χ1n) is 10.9. The van der Waals surface area contributed by atoms with Gasteiger partial charge in [-0.25, -0.2) is 4.98 Å². The molecular formula is C23H32N4O2. The number of hydrogen-bond donors (Lipinski definition) is 1. The van der Waals surface area contributed by atoms with Crippen LogP contribution in [0.4, 0.5) is 0 Å². The van der Waals surface area contributed by atoms with Crippen molar-refractivity contribution in [3.05, 3.63) is 35.9 Å². The average Bonchev–Trinajstić information content (AvgIpc) is 3.33. The van der Waals surface area contributed by atoms with Gasteiger partial charge in [0.25, 0.3) is 5.91 Å². The number of carbonyl (C=O) groups is 2. The average molecular weight is 397 g/mol. The highest BCUT2D eigenvalue weighted by Gasteiger charge is 2.37. The smallest absolute Gasteiger partial charge is 0.275 e. The number of likely N-dealkylation sites (tertiary alicyclic amines) is 1. The Balaban J connectivity index is 1.59. The summed E-state index contributed by atoms with van der Waals surface area (Å²) in [6, 6.07) is 5.69. The van der Waals surface area contributed by atoms with E-state index in [0.29, 0.717) is 12.2 Å². The summed E-state index contributed by atoms with van der Waals surface area (Å²) in [7, 11) is 0. The number of rotatable bonds is 3. The number of fused-ring (bicyclic) bond motifs is 1. The van der Waals surface area contributed by atoms with Gasteiger partial charge in [-0.05, 0) is 37.8 Å². The Hall–Kier alpha value is -2.37. The molecule has 0 spiro atoms. The van der Waals surface area contributed by atoms with E-state index in [9.17, 15) is 9.59 Å². The van der Waals surface area contributed by atoms with E-state index in [2.05, 4.69) is 26.1 Å². The van der Waals surface area contributed by atoms with E-state index in [1.807, 2.05) is 28.8 Å². The largest absolute Gasteiger partial charge is 0.352 e. The molecule has 0 aromatic carbocycles. The number of imidazole rings is 1. The highest BCUT2D eigenvalue weighted by molar-refractivity contribution is 6.01. The van der Waals surface area contributed by atoms with Gasteiger partial charge in [-0.1, -0.05) is 46.1 Å². The molecule has 29 heavy (non-hydrogen) atoms. The third kappa shape index (κ3) is 3.89. The number of nitrogens with zero attached hydrogens (tertiary/aromatic N) is 3. The lowest BCUT2D eigenvalue weighted by Gasteiger charge is -2.28. The van der Waals surface area contributed by atoms with E-state index in [1.165, 1.54) is 19.3 Å². The maximum absolute atomic E-state index is 13.5. The highest BCUT2D eigenvalue weighted by Crippen LogP contribution is 2.28. The lowest BCUT2D eigenvalue weighted by molar-refractivity contribution is -0.125. The van der Waals surface area contributed by atoms with Crippen LogP contribution in [0.2, 0.25) is 0 Å². The van der Waals surface area contributed by atoms with Crippen molar-refractivity contribution in [2.45, 2.75) is 83.2 Å². The summed E-state index contributed by atoms with van der Waals surface area (Å²) in [6.45, 7) is 6.90. The third-order valence-corrected chi connectivity index (χ3v) is 6.19. The predicted molar refractivity (Wildman–Crippen MR) is 113 cm³/mol. The van der Waals surface area contributed by atoms with Crippen molar-refractivity contribution in [2.24, 2.45) is 0 Å². The van der Waals surface area contributed by atoms with Crippen LogP contribution in [0.1, 0.15) is 82.0 Å². The summed E-state index contributed by atoms with van der Waals surface area (Å²) in [4.78, 5) is 32.9. The molecule has 1 saturated carbocycles. The minimum absolute atomic E-state index is 0.00214. The van der Waals surface area contributed by atoms with Crippen molar-refractivity contribution in [1.82, 2.24) is 19.6 Å². The summed E-state index contributed by atoms with van der Waals surface area (Å²) in [5.74, 6) is 0.728. The Labute approximate surface area is 172 Å². The lowest BCUT2D eigenvalue weighted by atomic mass is 9.95. The van der Waals surface area contributed by atoms with Crippen LogP contribution in [0.3, 0.4) is 0 Å². The molecule has 156 valence electrons. The van der Waals surface area contributed by atoms with Crippen molar-refractivity contribution in [1.29, 1.82) is 0 Å². The van der Waals surface area contributed by atoms with Crippen molar-refractivity contribution >= 4 is 17.3 Å². The van der Waals surface area contributed by atoms with Crippen molar-refractivity contribution in [3.8, 4) is 0 Å². The van der Waals surface area contributed by atoms with E-state index in [0.717, 1.165) is 37.0 Å². The number of aromatic nitrogens is 2. The number of hydrogen-bond acceptors (Lipinski definition) is 3. The van der Waals surface area contributed by atoms with E-state index in [-0.39, 0.29) is 29.3 Å². The standard InChI is InChI=1S/C23H32N4O2/c1-23(2,3)22-25-19(17-12-7-8-14-27(17)22)21(29)26-15-9-13-18(26)20(28)24-16-10-5-4-6-11-16/h7-8,12,14,16,18H,4-6,9-11,13,15H2,1-3H3,(H,24,28). The van der Waals surface area contributed by atoms with Crippen LogP contribution in [-0.2, 0) is 10.2 Å². The zero-order chi connectivity index (χ0) is 20.6. The van der Waals surface area contributed by atoms with Crippen LogP contribution in [0.5, 0.6) is 0 Å². The number of nitrogens with one attached hydrogen (secondary N) is 1. The molecule has 1 N–H and O–H groups in total. The molecule has 1 saturated heterocycles. The van der Waals surface area contributed by atoms with Gasteiger partial charge < -0.3 is 14.6 Å². The summed E-state index contributed by atoms with van der Waals surface area (Å²) in [5, 5.41) is 3.21. The van der Waals surface area contributed by atoms with Gasteiger partial charge in [0.15, 0.2) is 5.69 Å². The minimum Gasteiger partial charge on any atom is -0.352 e. The van der Waals surface area contributed by atoms with Crippen LogP contribution < -0.4 is 5.32 Å². The molecule has 2 aliphatic rings. The molecule has 1 unspecified atom stereocenters. The minimum atomic E-state index is -0.386. The van der Waals surface area contributed by atoms with Gasteiger partial charge in [-0.3, -0.25) is 9.59 Å². The zero-order valence-electron chi connectivity index (χ0n) is 17.8. The molecule has 0 bridgehead atoms. The summed E-state index contributed by atoms with van der Waals surface area (Å²) < 4.78 is 2.00. The molecular weight excluding hydrogens is 364 g/mol. The monoisotopic (exact) mass is 396 g/mol. The quantitative estimate of drug-likeness (QED) is 0.860. The number of pyridine rings is 1. The van der Waals surface area contributed by atoms with Gasteiger partial charge in [-0.2, -0.15) is 0 Å². The van der Waals surface area contributed by atoms with Gasteiger partial charge in [0, 0.05) is 24.2 Å². The second kappa shape index (κ2) is 7.81. The van der Waals surface area contributed by atoms with E-state index < -0.39 is 0 Å². The maximum Gasteiger partial charge on any atom is 0.275 e. The molecule has 2 amide bonds. The highest BCUT2D eigenvalue weighted by atomic mass is 16.2. The summed E-state index contributed by atoms with van der Waals surface area (Å²) >= 11 is 0. The van der Waals surface area contributed by atoms with E-state index in [4.69, 9.17) is 4.98 Å². The molecule has 1 atom stereocenters. The Morgan fingerprint density at radius 1 is 1.07 bits per heavy atom. The Kier molecular flexibility index (Phi) is 5.36.